The second-order valence-corrected chi connectivity index (χ2v) is 3.80. The average Bonchev–Trinajstić information content (AvgIpc) is 2.35. The number of ether oxygens (including phenoxy) is 1. The molecule has 0 bridgehead atoms. The van der Waals surface area contributed by atoms with Crippen LogP contribution in [-0.4, -0.2) is 24.6 Å². The Bertz CT molecular complexity index is 484. The van der Waals surface area contributed by atoms with E-state index in [2.05, 4.69) is 4.74 Å². The van der Waals surface area contributed by atoms with Crippen LogP contribution in [0, 0.1) is 0 Å². The minimum Gasteiger partial charge on any atom is -0.406 e. The number of carbonyl (C=O) groups excluding carboxylic acids is 1. The summed E-state index contributed by atoms with van der Waals surface area (Å²) in [6.45, 7) is -0.548. The van der Waals surface area contributed by atoms with E-state index in [1.807, 2.05) is 0 Å². The number of nitrogens with one attached hydrogen (secondary N) is 1. The van der Waals surface area contributed by atoms with E-state index in [9.17, 15) is 35.5 Å². The van der Waals surface area contributed by atoms with E-state index >= 15 is 0 Å². The van der Waals surface area contributed by atoms with Gasteiger partial charge < -0.3 is 10.1 Å². The minimum atomic E-state index is -4.88. The van der Waals surface area contributed by atoms with Gasteiger partial charge in [-0.2, -0.15) is 8.78 Å². The summed E-state index contributed by atoms with van der Waals surface area (Å²) in [6, 6.07) is 3.89. The normalized spacial score (nSPS) is 12.4. The van der Waals surface area contributed by atoms with E-state index in [1.165, 1.54) is 0 Å². The Labute approximate surface area is 113 Å². The zero-order valence-corrected chi connectivity index (χ0v) is 10.1. The highest BCUT2D eigenvalue weighted by molar-refractivity contribution is 5.83. The van der Waals surface area contributed by atoms with Crippen LogP contribution in [0.25, 0.3) is 0 Å². The number of rotatable bonds is 5. The van der Waals surface area contributed by atoms with Crippen molar-refractivity contribution in [3.05, 3.63) is 29.8 Å². The van der Waals surface area contributed by atoms with Crippen LogP contribution in [0.2, 0.25) is 0 Å². The fourth-order valence-corrected chi connectivity index (χ4v) is 1.21. The maximum atomic E-state index is 12.6. The average molecular weight is 319 g/mol. The molecule has 118 valence electrons. The van der Waals surface area contributed by atoms with Gasteiger partial charge in [0.05, 0.1) is 0 Å². The molecule has 0 aromatic heterocycles. The topological polar surface area (TPSA) is 38.3 Å². The number of hydrogen-bond donors (Lipinski definition) is 1. The van der Waals surface area contributed by atoms with Crippen molar-refractivity contribution in [2.45, 2.75) is 25.3 Å². The third-order valence-corrected chi connectivity index (χ3v) is 2.19. The fraction of sp³-hybridized carbons (Fsp3) is 0.364. The molecule has 0 saturated carbocycles. The lowest BCUT2D eigenvalue weighted by atomic mass is 10.2. The first-order valence-corrected chi connectivity index (χ1v) is 5.31. The first kappa shape index (κ1) is 17.1. The summed E-state index contributed by atoms with van der Waals surface area (Å²) in [7, 11) is 0. The largest absolute Gasteiger partial charge is 0.573 e. The summed E-state index contributed by atoms with van der Waals surface area (Å²) in [5.41, 5.74) is 0.128. The van der Waals surface area contributed by atoms with Gasteiger partial charge in [-0.1, -0.05) is 12.1 Å². The van der Waals surface area contributed by atoms with Crippen LogP contribution in [0.3, 0.4) is 0 Å². The second kappa shape index (κ2) is 6.19. The predicted octanol–water partition coefficient (Wildman–Crippen LogP) is 3.10. The van der Waals surface area contributed by atoms with Crippen molar-refractivity contribution in [3.63, 3.8) is 0 Å². The lowest BCUT2D eigenvalue weighted by Gasteiger charge is -2.15. The fourth-order valence-electron chi connectivity index (χ4n) is 1.21. The molecule has 0 heterocycles. The van der Waals surface area contributed by atoms with Gasteiger partial charge >= 0.3 is 18.7 Å². The number of halogens is 7. The molecule has 1 aromatic rings. The molecule has 0 aliphatic rings. The summed E-state index contributed by atoms with van der Waals surface area (Å²) >= 11 is 0. The maximum Gasteiger partial charge on any atom is 0.573 e. The van der Waals surface area contributed by atoms with Crippen LogP contribution in [0.4, 0.5) is 30.7 Å². The van der Waals surface area contributed by atoms with Gasteiger partial charge in [0, 0.05) is 6.54 Å². The Morgan fingerprint density at radius 1 is 1.10 bits per heavy atom. The molecule has 0 unspecified atom stereocenters. The molecular weight excluding hydrogens is 311 g/mol. The first-order valence-electron chi connectivity index (χ1n) is 5.31. The van der Waals surface area contributed by atoms with Gasteiger partial charge in [-0.15, -0.1) is 13.2 Å². The lowest BCUT2D eigenvalue weighted by molar-refractivity contribution is -0.274. The van der Waals surface area contributed by atoms with Crippen LogP contribution in [0.5, 0.6) is 5.75 Å². The molecule has 1 rings (SSSR count). The van der Waals surface area contributed by atoms with E-state index < -0.39 is 36.9 Å². The number of benzene rings is 1. The highest BCUT2D eigenvalue weighted by Crippen LogP contribution is 2.24. The third kappa shape index (κ3) is 5.12. The van der Waals surface area contributed by atoms with Gasteiger partial charge in [0.15, 0.2) is 0 Å². The maximum absolute atomic E-state index is 12.6. The van der Waals surface area contributed by atoms with Crippen LogP contribution < -0.4 is 10.1 Å². The minimum absolute atomic E-state index is 0.128. The third-order valence-electron chi connectivity index (χ3n) is 2.19. The van der Waals surface area contributed by atoms with Crippen LogP contribution in [0.15, 0.2) is 24.3 Å². The summed E-state index contributed by atoms with van der Waals surface area (Å²) in [6.07, 6.45) is -9.03. The van der Waals surface area contributed by atoms with E-state index in [4.69, 9.17) is 0 Å². The van der Waals surface area contributed by atoms with Crippen molar-refractivity contribution in [2.24, 2.45) is 0 Å². The van der Waals surface area contributed by atoms with E-state index in [0.717, 1.165) is 24.3 Å². The van der Waals surface area contributed by atoms with E-state index in [-0.39, 0.29) is 5.56 Å². The van der Waals surface area contributed by atoms with Crippen molar-refractivity contribution in [1.82, 2.24) is 5.32 Å². The molecule has 21 heavy (non-hydrogen) atoms. The zero-order chi connectivity index (χ0) is 16.3. The summed E-state index contributed by atoms with van der Waals surface area (Å²) < 4.78 is 88.1. The number of hydrogen-bond acceptors (Lipinski definition) is 2. The molecule has 0 saturated heterocycles. The Kier molecular flexibility index (Phi) is 5.02. The van der Waals surface area contributed by atoms with Gasteiger partial charge in [0.1, 0.15) is 5.75 Å². The lowest BCUT2D eigenvalue weighted by Crippen LogP contribution is -2.44. The van der Waals surface area contributed by atoms with Crippen molar-refractivity contribution in [2.75, 3.05) is 0 Å². The molecule has 0 spiro atoms. The molecule has 1 amide bonds. The quantitative estimate of drug-likeness (QED) is 0.847. The predicted molar refractivity (Wildman–Crippen MR) is 55.9 cm³/mol. The molecule has 10 heteroatoms. The van der Waals surface area contributed by atoms with Crippen LogP contribution in [-0.2, 0) is 11.3 Å². The van der Waals surface area contributed by atoms with Crippen molar-refractivity contribution >= 4 is 5.91 Å². The highest BCUT2D eigenvalue weighted by Gasteiger charge is 2.48. The molecule has 0 radical (unpaired) electrons. The van der Waals surface area contributed by atoms with E-state index in [1.54, 1.807) is 5.32 Å². The Balaban J connectivity index is 2.59. The first-order chi connectivity index (χ1) is 9.52. The van der Waals surface area contributed by atoms with E-state index in [0.29, 0.717) is 0 Å². The molecule has 0 atom stereocenters. The second-order valence-electron chi connectivity index (χ2n) is 3.80. The SMILES string of the molecule is O=C(NCc1ccc(OC(F)(F)F)cc1)C(F)(F)C(F)F. The standard InChI is InChI=1S/C11H8F7NO2/c12-8(13)10(14,15)9(20)19-5-6-1-3-7(4-2-6)21-11(16,17)18/h1-4,8H,5H2,(H,19,20). The monoisotopic (exact) mass is 319 g/mol. The van der Waals surface area contributed by atoms with Crippen molar-refractivity contribution in [1.29, 1.82) is 0 Å². The molecule has 0 aliphatic heterocycles. The summed E-state index contributed by atoms with van der Waals surface area (Å²) in [5.74, 6) is -7.55. The van der Waals surface area contributed by atoms with Gasteiger partial charge in [-0.25, -0.2) is 8.78 Å². The summed E-state index contributed by atoms with van der Waals surface area (Å²) in [5, 5.41) is 1.56. The molecule has 0 aliphatic carbocycles. The molecule has 3 nitrogen and oxygen atoms in total. The van der Waals surface area contributed by atoms with Crippen LogP contribution >= 0.6 is 0 Å². The van der Waals surface area contributed by atoms with Crippen LogP contribution in [0.1, 0.15) is 5.56 Å². The van der Waals surface area contributed by atoms with Gasteiger partial charge in [0.25, 0.3) is 5.91 Å². The molecule has 1 N–H and O–H groups in total. The van der Waals surface area contributed by atoms with Gasteiger partial charge in [0.2, 0.25) is 0 Å². The smallest absolute Gasteiger partial charge is 0.406 e. The highest BCUT2D eigenvalue weighted by atomic mass is 19.4. The van der Waals surface area contributed by atoms with Gasteiger partial charge in [-0.3, -0.25) is 4.79 Å². The summed E-state index contributed by atoms with van der Waals surface area (Å²) in [4.78, 5) is 10.8. The zero-order valence-electron chi connectivity index (χ0n) is 10.1. The molecule has 0 fully saturated rings. The Morgan fingerprint density at radius 2 is 1.62 bits per heavy atom. The molecular formula is C11H8F7NO2. The Hall–Kier alpha value is -2.00. The number of alkyl halides is 7. The number of carbonyl (C=O) groups is 1. The Morgan fingerprint density at radius 3 is 2.05 bits per heavy atom. The van der Waals surface area contributed by atoms with Crippen molar-refractivity contribution < 1.29 is 40.3 Å². The number of amides is 1. The van der Waals surface area contributed by atoms with Crippen molar-refractivity contribution in [3.8, 4) is 5.75 Å². The van der Waals surface area contributed by atoms with Gasteiger partial charge in [-0.05, 0) is 17.7 Å². The molecule has 1 aromatic carbocycles.